The van der Waals surface area contributed by atoms with Crippen molar-refractivity contribution in [3.05, 3.63) is 35.4 Å². The van der Waals surface area contributed by atoms with Crippen LogP contribution in [-0.4, -0.2) is 26.1 Å². The summed E-state index contributed by atoms with van der Waals surface area (Å²) in [6, 6.07) is 2.20. The van der Waals surface area contributed by atoms with Crippen molar-refractivity contribution in [1.82, 2.24) is 24.9 Å². The zero-order valence-electron chi connectivity index (χ0n) is 12.1. The number of aromatic nitrogens is 4. The summed E-state index contributed by atoms with van der Waals surface area (Å²) >= 11 is 0. The summed E-state index contributed by atoms with van der Waals surface area (Å²) in [5, 5.41) is 12.2. The molecule has 0 aliphatic carbocycles. The number of hydrogen-bond acceptors (Lipinski definition) is 3. The summed E-state index contributed by atoms with van der Waals surface area (Å²) in [4.78, 5) is 0. The Hall–Kier alpha value is -1.62. The largest absolute Gasteiger partial charge is 0.311 e. The number of aryl methyl sites for hydroxylation is 3. The molecule has 0 atom stereocenters. The molecule has 0 saturated carbocycles. The van der Waals surface area contributed by atoms with Crippen LogP contribution in [0.15, 0.2) is 18.5 Å². The Morgan fingerprint density at radius 1 is 1.32 bits per heavy atom. The SMILES string of the molecule is CCc1cc(CNCCc2cnn(C)c2)n(CC)n1. The molecule has 0 fully saturated rings. The lowest BCUT2D eigenvalue weighted by molar-refractivity contribution is 0.578. The first-order chi connectivity index (χ1) is 9.22. The number of hydrogen-bond donors (Lipinski definition) is 1. The molecule has 0 saturated heterocycles. The zero-order valence-corrected chi connectivity index (χ0v) is 12.1. The highest BCUT2D eigenvalue weighted by molar-refractivity contribution is 5.10. The van der Waals surface area contributed by atoms with Crippen LogP contribution < -0.4 is 5.32 Å². The van der Waals surface area contributed by atoms with Crippen LogP contribution >= 0.6 is 0 Å². The lowest BCUT2D eigenvalue weighted by Gasteiger charge is -2.05. The van der Waals surface area contributed by atoms with Gasteiger partial charge in [-0.05, 0) is 37.9 Å². The van der Waals surface area contributed by atoms with Crippen LogP contribution in [0.3, 0.4) is 0 Å². The third kappa shape index (κ3) is 3.67. The van der Waals surface area contributed by atoms with Crippen molar-refractivity contribution in [1.29, 1.82) is 0 Å². The molecular formula is C14H23N5. The molecule has 0 bridgehead atoms. The van der Waals surface area contributed by atoms with Gasteiger partial charge >= 0.3 is 0 Å². The first-order valence-electron chi connectivity index (χ1n) is 6.96. The first kappa shape index (κ1) is 13.8. The monoisotopic (exact) mass is 261 g/mol. The van der Waals surface area contributed by atoms with Crippen LogP contribution in [0.25, 0.3) is 0 Å². The second-order valence-electron chi connectivity index (χ2n) is 4.75. The fourth-order valence-corrected chi connectivity index (χ4v) is 2.15. The molecular weight excluding hydrogens is 238 g/mol. The van der Waals surface area contributed by atoms with Crippen LogP contribution in [0.2, 0.25) is 0 Å². The van der Waals surface area contributed by atoms with Crippen LogP contribution in [0.5, 0.6) is 0 Å². The molecule has 2 aromatic heterocycles. The van der Waals surface area contributed by atoms with Crippen molar-refractivity contribution in [3.63, 3.8) is 0 Å². The van der Waals surface area contributed by atoms with Crippen LogP contribution in [0.1, 0.15) is 30.8 Å². The van der Waals surface area contributed by atoms with Crippen molar-refractivity contribution in [2.45, 2.75) is 39.8 Å². The maximum absolute atomic E-state index is 4.55. The Morgan fingerprint density at radius 3 is 2.79 bits per heavy atom. The summed E-state index contributed by atoms with van der Waals surface area (Å²) < 4.78 is 3.92. The van der Waals surface area contributed by atoms with E-state index in [9.17, 15) is 0 Å². The summed E-state index contributed by atoms with van der Waals surface area (Å²) in [6.45, 7) is 7.04. The number of nitrogens with zero attached hydrogens (tertiary/aromatic N) is 4. The maximum Gasteiger partial charge on any atom is 0.0625 e. The average molecular weight is 261 g/mol. The van der Waals surface area contributed by atoms with Gasteiger partial charge in [0, 0.05) is 26.3 Å². The molecule has 0 unspecified atom stereocenters. The van der Waals surface area contributed by atoms with Gasteiger partial charge in [-0.15, -0.1) is 0 Å². The van der Waals surface area contributed by atoms with Gasteiger partial charge in [0.05, 0.1) is 17.6 Å². The Bertz CT molecular complexity index is 512. The molecule has 0 amide bonds. The van der Waals surface area contributed by atoms with Gasteiger partial charge in [0.15, 0.2) is 0 Å². The van der Waals surface area contributed by atoms with Gasteiger partial charge in [0.25, 0.3) is 0 Å². The molecule has 5 heteroatoms. The summed E-state index contributed by atoms with van der Waals surface area (Å²) in [5.41, 5.74) is 3.71. The van der Waals surface area contributed by atoms with Crippen LogP contribution in [0, 0.1) is 0 Å². The average Bonchev–Trinajstić information content (AvgIpc) is 3.00. The maximum atomic E-state index is 4.55. The number of rotatable bonds is 7. The Morgan fingerprint density at radius 2 is 2.16 bits per heavy atom. The first-order valence-corrected chi connectivity index (χ1v) is 6.96. The predicted molar refractivity (Wildman–Crippen MR) is 75.9 cm³/mol. The van der Waals surface area contributed by atoms with Gasteiger partial charge in [-0.1, -0.05) is 6.92 Å². The van der Waals surface area contributed by atoms with Gasteiger partial charge in [-0.3, -0.25) is 9.36 Å². The van der Waals surface area contributed by atoms with Gasteiger partial charge in [-0.2, -0.15) is 10.2 Å². The summed E-state index contributed by atoms with van der Waals surface area (Å²) in [7, 11) is 1.95. The highest BCUT2D eigenvalue weighted by Gasteiger charge is 2.05. The fraction of sp³-hybridized carbons (Fsp3) is 0.571. The normalized spacial score (nSPS) is 11.1. The minimum absolute atomic E-state index is 0.876. The summed E-state index contributed by atoms with van der Waals surface area (Å²) in [6.07, 6.45) is 5.99. The fourth-order valence-electron chi connectivity index (χ4n) is 2.15. The molecule has 0 aliphatic rings. The topological polar surface area (TPSA) is 47.7 Å². The van der Waals surface area contributed by atoms with E-state index in [1.165, 1.54) is 17.0 Å². The van der Waals surface area contributed by atoms with E-state index in [1.54, 1.807) is 0 Å². The Kier molecular flexibility index (Phi) is 4.74. The summed E-state index contributed by atoms with van der Waals surface area (Å²) in [5.74, 6) is 0. The van der Waals surface area contributed by atoms with E-state index < -0.39 is 0 Å². The highest BCUT2D eigenvalue weighted by Crippen LogP contribution is 2.05. The van der Waals surface area contributed by atoms with Gasteiger partial charge in [0.1, 0.15) is 0 Å². The lowest BCUT2D eigenvalue weighted by atomic mass is 10.2. The quantitative estimate of drug-likeness (QED) is 0.769. The third-order valence-electron chi connectivity index (χ3n) is 3.23. The van der Waals surface area contributed by atoms with E-state index in [4.69, 9.17) is 0 Å². The second kappa shape index (κ2) is 6.52. The van der Waals surface area contributed by atoms with Crippen molar-refractivity contribution < 1.29 is 0 Å². The molecule has 5 nitrogen and oxygen atoms in total. The van der Waals surface area contributed by atoms with E-state index in [1.807, 2.05) is 17.9 Å². The van der Waals surface area contributed by atoms with E-state index >= 15 is 0 Å². The molecule has 0 aliphatic heterocycles. The highest BCUT2D eigenvalue weighted by atomic mass is 15.3. The van der Waals surface area contributed by atoms with E-state index in [-0.39, 0.29) is 0 Å². The Balaban J connectivity index is 1.80. The second-order valence-corrected chi connectivity index (χ2v) is 4.75. The van der Waals surface area contributed by atoms with Gasteiger partial charge in [-0.25, -0.2) is 0 Å². The molecule has 0 radical (unpaired) electrons. The van der Waals surface area contributed by atoms with Gasteiger partial charge in [0.2, 0.25) is 0 Å². The lowest BCUT2D eigenvalue weighted by Crippen LogP contribution is -2.19. The van der Waals surface area contributed by atoms with Crippen molar-refractivity contribution in [3.8, 4) is 0 Å². The zero-order chi connectivity index (χ0) is 13.7. The van der Waals surface area contributed by atoms with Crippen LogP contribution in [-0.2, 0) is 33.0 Å². The van der Waals surface area contributed by atoms with Gasteiger partial charge < -0.3 is 5.32 Å². The standard InChI is InChI=1S/C14H23N5/c1-4-13-8-14(19(5-2)17-13)10-15-7-6-12-9-16-18(3)11-12/h8-9,11,15H,4-7,10H2,1-3H3. The third-order valence-corrected chi connectivity index (χ3v) is 3.23. The van der Waals surface area contributed by atoms with E-state index in [2.05, 4.69) is 46.3 Å². The van der Waals surface area contributed by atoms with Crippen LogP contribution in [0.4, 0.5) is 0 Å². The smallest absolute Gasteiger partial charge is 0.0625 e. The van der Waals surface area contributed by atoms with Crippen molar-refractivity contribution in [2.24, 2.45) is 7.05 Å². The molecule has 19 heavy (non-hydrogen) atoms. The molecule has 0 aromatic carbocycles. The molecule has 2 rings (SSSR count). The Labute approximate surface area is 114 Å². The molecule has 104 valence electrons. The number of nitrogens with one attached hydrogen (secondary N) is 1. The van der Waals surface area contributed by atoms with E-state index in [0.29, 0.717) is 0 Å². The molecule has 0 spiro atoms. The van der Waals surface area contributed by atoms with Crippen molar-refractivity contribution >= 4 is 0 Å². The predicted octanol–water partition coefficient (Wildman–Crippen LogP) is 1.53. The molecule has 2 heterocycles. The van der Waals surface area contributed by atoms with E-state index in [0.717, 1.165) is 32.5 Å². The minimum Gasteiger partial charge on any atom is -0.311 e. The molecule has 2 aromatic rings. The van der Waals surface area contributed by atoms with Crippen molar-refractivity contribution in [2.75, 3.05) is 6.54 Å². The minimum atomic E-state index is 0.876. The molecule has 1 N–H and O–H groups in total.